The van der Waals surface area contributed by atoms with E-state index in [-0.39, 0.29) is 22.7 Å². The van der Waals surface area contributed by atoms with Crippen molar-refractivity contribution in [2.45, 2.75) is 131 Å². The van der Waals surface area contributed by atoms with Gasteiger partial charge in [0.25, 0.3) is 0 Å². The van der Waals surface area contributed by atoms with Crippen molar-refractivity contribution in [1.29, 1.82) is 0 Å². The van der Waals surface area contributed by atoms with Gasteiger partial charge in [-0.3, -0.25) is 4.57 Å². The molecule has 2 aromatic heterocycles. The number of hydrogen-bond acceptors (Lipinski definition) is 4. The Balaban J connectivity index is 1.21. The molecule has 0 spiro atoms. The van der Waals surface area contributed by atoms with Gasteiger partial charge in [-0.1, -0.05) is 139 Å². The first-order valence-corrected chi connectivity index (χ1v) is 26.9. The zero-order chi connectivity index (χ0) is 53.4. The van der Waals surface area contributed by atoms with Gasteiger partial charge >= 0.3 is 0 Å². The van der Waals surface area contributed by atoms with Gasteiger partial charge in [0, 0.05) is 52.1 Å². The largest absolute Gasteiger partial charge is 0.457 e. The maximum Gasteiger partial charge on any atom is 0.137 e. The van der Waals surface area contributed by atoms with Crippen molar-refractivity contribution >= 4 is 44.6 Å². The average molecular weight is 999 g/mol. The van der Waals surface area contributed by atoms with Crippen molar-refractivity contribution in [3.8, 4) is 39.6 Å². The van der Waals surface area contributed by atoms with E-state index in [2.05, 4.69) is 220 Å². The molecule has 5 nitrogen and oxygen atoms in total. The summed E-state index contributed by atoms with van der Waals surface area (Å²) in [5, 5.41) is 2.28. The third-order valence-corrected chi connectivity index (χ3v) is 15.1. The van der Waals surface area contributed by atoms with E-state index in [4.69, 9.17) is 9.72 Å². The van der Waals surface area contributed by atoms with E-state index in [0.717, 1.165) is 90.2 Å². The van der Waals surface area contributed by atoms with Gasteiger partial charge in [0.15, 0.2) is 0 Å². The number of rotatable bonds is 11. The second-order valence-corrected chi connectivity index (χ2v) is 24.0. The topological polar surface area (TPSA) is 33.5 Å². The van der Waals surface area contributed by atoms with Crippen molar-refractivity contribution in [2.75, 3.05) is 16.5 Å². The lowest BCUT2D eigenvalue weighted by atomic mass is 9.72. The molecule has 0 saturated carbocycles. The van der Waals surface area contributed by atoms with Gasteiger partial charge in [0.1, 0.15) is 35.6 Å². The summed E-state index contributed by atoms with van der Waals surface area (Å²) in [5.74, 6) is 1.95. The van der Waals surface area contributed by atoms with E-state index < -0.39 is 11.6 Å². The van der Waals surface area contributed by atoms with E-state index in [0.29, 0.717) is 24.1 Å². The maximum absolute atomic E-state index is 15.7. The highest BCUT2D eigenvalue weighted by Gasteiger charge is 2.35. The molecule has 1 aliphatic heterocycles. The minimum absolute atomic E-state index is 0.0873. The standard InChI is InChI=1S/C68H72F2N4O/c1-40(2)44-22-27-61-63(35-44)73(66-55(42(5)6)31-46(32-56(66)43(7)8)52-25-23-48(69)36-59(52)70)39-72(61)49-29-47(65-57(67(9,10)11)33-45(41(3)4)34-58(65)68(12,13)14)30-51(37-49)75-50-24-26-54-53-19-15-16-20-60(53)74(62(54)38-50)64-21-17-18-28-71-64/h15-38,40-43H,39H2,1-14H3. The molecule has 0 radical (unpaired) electrons. The Kier molecular flexibility index (Phi) is 13.3. The van der Waals surface area contributed by atoms with Gasteiger partial charge in [-0.05, 0) is 163 Å². The SMILES string of the molecule is CC(C)c1ccc2c(c1)N(c1c(C(C)C)cc(-c3ccc(F)cc3F)cc1C(C)C)CN2c1cc(Oc2ccc3c4ccccc4n(-c4ccccn4)c3c2)cc(-c2c(C(C)(C)C)cc(C(C)C)cc2C(C)(C)C)c1. The minimum Gasteiger partial charge on any atom is -0.457 e. The summed E-state index contributed by atoms with van der Waals surface area (Å²) in [6.45, 7) is 32.4. The molecule has 0 atom stereocenters. The van der Waals surface area contributed by atoms with E-state index in [1.807, 2.05) is 18.3 Å². The summed E-state index contributed by atoms with van der Waals surface area (Å²) in [6.07, 6.45) is 1.84. The van der Waals surface area contributed by atoms with Crippen LogP contribution in [0.25, 0.3) is 49.9 Å². The Morgan fingerprint density at radius 2 is 1.17 bits per heavy atom. The van der Waals surface area contributed by atoms with Crippen molar-refractivity contribution in [1.82, 2.24) is 9.55 Å². The molecule has 75 heavy (non-hydrogen) atoms. The molecule has 10 rings (SSSR count). The molecule has 0 amide bonds. The number of aromatic nitrogens is 2. The lowest BCUT2D eigenvalue weighted by Crippen LogP contribution is -2.26. The van der Waals surface area contributed by atoms with E-state index in [1.54, 1.807) is 6.07 Å². The Hall–Kier alpha value is -7.25. The summed E-state index contributed by atoms with van der Waals surface area (Å²) in [4.78, 5) is 9.73. The smallest absolute Gasteiger partial charge is 0.137 e. The molecule has 0 N–H and O–H groups in total. The monoisotopic (exact) mass is 999 g/mol. The lowest BCUT2D eigenvalue weighted by molar-refractivity contribution is 0.483. The van der Waals surface area contributed by atoms with Crippen molar-refractivity contribution < 1.29 is 13.5 Å². The minimum atomic E-state index is -0.587. The highest BCUT2D eigenvalue weighted by molar-refractivity contribution is 6.09. The molecule has 0 saturated heterocycles. The number of pyridine rings is 1. The number of ether oxygens (including phenoxy) is 1. The highest BCUT2D eigenvalue weighted by Crippen LogP contribution is 2.52. The average Bonchev–Trinajstić information content (AvgIpc) is 3.91. The van der Waals surface area contributed by atoms with Gasteiger partial charge < -0.3 is 14.5 Å². The Morgan fingerprint density at radius 3 is 1.79 bits per heavy atom. The van der Waals surface area contributed by atoms with Crippen LogP contribution in [0.15, 0.2) is 146 Å². The first kappa shape index (κ1) is 51.2. The van der Waals surface area contributed by atoms with Crippen LogP contribution in [0.2, 0.25) is 0 Å². The van der Waals surface area contributed by atoms with Crippen LogP contribution in [-0.2, 0) is 10.8 Å². The number of hydrogen-bond donors (Lipinski definition) is 0. The summed E-state index contributed by atoms with van der Waals surface area (Å²) in [5.41, 5.74) is 16.9. The Morgan fingerprint density at radius 1 is 0.520 bits per heavy atom. The molecule has 0 fully saturated rings. The van der Waals surface area contributed by atoms with Crippen LogP contribution in [-0.4, -0.2) is 16.2 Å². The Labute approximate surface area is 443 Å². The predicted molar refractivity (Wildman–Crippen MR) is 312 cm³/mol. The first-order valence-electron chi connectivity index (χ1n) is 26.9. The highest BCUT2D eigenvalue weighted by atomic mass is 19.1. The summed E-state index contributed by atoms with van der Waals surface area (Å²) in [7, 11) is 0. The van der Waals surface area contributed by atoms with E-state index in [1.165, 1.54) is 33.9 Å². The molecule has 0 unspecified atom stereocenters. The fourth-order valence-electron chi connectivity index (χ4n) is 11.1. The van der Waals surface area contributed by atoms with Crippen LogP contribution in [0.5, 0.6) is 11.5 Å². The van der Waals surface area contributed by atoms with E-state index >= 15 is 4.39 Å². The van der Waals surface area contributed by atoms with E-state index in [9.17, 15) is 4.39 Å². The van der Waals surface area contributed by atoms with Gasteiger partial charge in [-0.15, -0.1) is 0 Å². The molecule has 0 bridgehead atoms. The number of benzene rings is 7. The van der Waals surface area contributed by atoms with Crippen LogP contribution >= 0.6 is 0 Å². The van der Waals surface area contributed by atoms with Crippen LogP contribution in [0.4, 0.5) is 31.5 Å². The van der Waals surface area contributed by atoms with Gasteiger partial charge in [-0.25, -0.2) is 13.8 Å². The molecular formula is C68H72F2N4O. The first-order chi connectivity index (χ1) is 35.6. The zero-order valence-corrected chi connectivity index (χ0v) is 46.3. The third-order valence-electron chi connectivity index (χ3n) is 15.1. The van der Waals surface area contributed by atoms with Crippen LogP contribution < -0.4 is 14.5 Å². The number of nitrogens with zero attached hydrogens (tertiary/aromatic N) is 4. The Bertz CT molecular complexity index is 3560. The second kappa shape index (κ2) is 19.5. The summed E-state index contributed by atoms with van der Waals surface area (Å²) >= 11 is 0. The number of anilines is 4. The summed E-state index contributed by atoms with van der Waals surface area (Å²) < 4.78 is 39.4. The fraction of sp³-hybridized carbons (Fsp3) is 0.309. The van der Waals surface area contributed by atoms with Gasteiger partial charge in [0.2, 0.25) is 0 Å². The molecule has 1 aliphatic rings. The molecule has 0 aliphatic carbocycles. The van der Waals surface area contributed by atoms with Crippen LogP contribution in [0.1, 0.15) is 154 Å². The molecule has 9 aromatic rings. The number of para-hydroxylation sites is 1. The molecule has 3 heterocycles. The predicted octanol–water partition coefficient (Wildman–Crippen LogP) is 19.9. The summed E-state index contributed by atoms with van der Waals surface area (Å²) in [6, 6.07) is 47.7. The van der Waals surface area contributed by atoms with Crippen molar-refractivity contribution in [3.63, 3.8) is 0 Å². The lowest BCUT2D eigenvalue weighted by Gasteiger charge is -2.33. The quantitative estimate of drug-likeness (QED) is 0.129. The number of fused-ring (bicyclic) bond motifs is 4. The maximum atomic E-state index is 15.7. The van der Waals surface area contributed by atoms with Crippen LogP contribution in [0, 0.1) is 11.6 Å². The van der Waals surface area contributed by atoms with Crippen molar-refractivity contribution in [2.24, 2.45) is 0 Å². The molecule has 7 heteroatoms. The molecule has 384 valence electrons. The van der Waals surface area contributed by atoms with Crippen LogP contribution in [0.3, 0.4) is 0 Å². The fourth-order valence-corrected chi connectivity index (χ4v) is 11.1. The molecular weight excluding hydrogens is 927 g/mol. The molecule has 7 aromatic carbocycles. The van der Waals surface area contributed by atoms with Gasteiger partial charge in [0.05, 0.1) is 22.4 Å². The third kappa shape index (κ3) is 9.60. The zero-order valence-electron chi connectivity index (χ0n) is 46.3. The normalized spacial score (nSPS) is 13.2. The second-order valence-electron chi connectivity index (χ2n) is 24.0. The van der Waals surface area contributed by atoms with Gasteiger partial charge in [-0.2, -0.15) is 0 Å². The number of halogens is 2. The van der Waals surface area contributed by atoms with Crippen molar-refractivity contribution in [3.05, 3.63) is 191 Å².